The van der Waals surface area contributed by atoms with Crippen molar-refractivity contribution < 1.29 is 28.9 Å². The van der Waals surface area contributed by atoms with E-state index in [9.17, 15) is 24.9 Å². The van der Waals surface area contributed by atoms with Crippen molar-refractivity contribution in [2.45, 2.75) is 25.4 Å². The van der Waals surface area contributed by atoms with Crippen LogP contribution >= 0.6 is 0 Å². The van der Waals surface area contributed by atoms with Crippen molar-refractivity contribution in [1.29, 1.82) is 0 Å². The monoisotopic (exact) mass is 399 g/mol. The number of hydrogen-bond donors (Lipinski definition) is 3. The molecule has 3 aromatic rings. The number of carbonyl (C=O) groups is 1. The van der Waals surface area contributed by atoms with Crippen molar-refractivity contribution in [3.05, 3.63) is 51.8 Å². The van der Waals surface area contributed by atoms with Gasteiger partial charge in [-0.05, 0) is 44.6 Å². The number of aryl methyl sites for hydroxylation is 1. The lowest BCUT2D eigenvalue weighted by molar-refractivity contribution is 0.0640. The second-order valence-electron chi connectivity index (χ2n) is 7.48. The highest BCUT2D eigenvalue weighted by Gasteiger charge is 2.34. The Morgan fingerprint density at radius 1 is 1.28 bits per heavy atom. The van der Waals surface area contributed by atoms with E-state index in [1.165, 1.54) is 24.5 Å². The van der Waals surface area contributed by atoms with Gasteiger partial charge in [0.05, 0.1) is 12.4 Å². The molecule has 3 heterocycles. The second kappa shape index (κ2) is 7.06. The van der Waals surface area contributed by atoms with Crippen LogP contribution in [0.4, 0.5) is 0 Å². The minimum atomic E-state index is -1.26. The first-order valence-electron chi connectivity index (χ1n) is 9.26. The van der Waals surface area contributed by atoms with Gasteiger partial charge in [-0.2, -0.15) is 0 Å². The van der Waals surface area contributed by atoms with Crippen molar-refractivity contribution in [3.8, 4) is 16.9 Å². The number of aromatic hydroxyl groups is 1. The van der Waals surface area contributed by atoms with Crippen LogP contribution < -0.4 is 5.43 Å². The Morgan fingerprint density at radius 3 is 2.72 bits per heavy atom. The zero-order valence-corrected chi connectivity index (χ0v) is 16.0. The number of nitrogens with zero attached hydrogens (tertiary/aromatic N) is 1. The number of aromatic carboxylic acids is 1. The Morgan fingerprint density at radius 2 is 2.03 bits per heavy atom. The second-order valence-corrected chi connectivity index (χ2v) is 7.48. The van der Waals surface area contributed by atoms with Crippen molar-refractivity contribution in [3.63, 3.8) is 0 Å². The lowest BCUT2D eigenvalue weighted by atomic mass is 9.81. The van der Waals surface area contributed by atoms with Crippen molar-refractivity contribution in [2.24, 2.45) is 0 Å². The summed E-state index contributed by atoms with van der Waals surface area (Å²) in [4.78, 5) is 26.2. The Bertz CT molecular complexity index is 1160. The van der Waals surface area contributed by atoms with Gasteiger partial charge in [-0.3, -0.25) is 4.79 Å². The molecule has 1 fully saturated rings. The van der Waals surface area contributed by atoms with Gasteiger partial charge < -0.3 is 29.1 Å². The van der Waals surface area contributed by atoms with Crippen LogP contribution in [0.1, 0.15) is 34.2 Å². The quantitative estimate of drug-likeness (QED) is 0.614. The number of likely N-dealkylation sites (N-methyl/N-ethyl adjacent to an activating group) is 1. The van der Waals surface area contributed by atoms with Crippen LogP contribution in [0, 0.1) is 6.92 Å². The number of phenolic OH excluding ortho intramolecular Hbond substituents is 1. The number of aliphatic hydroxyl groups excluding tert-OH is 1. The maximum atomic E-state index is 12.6. The van der Waals surface area contributed by atoms with E-state index in [4.69, 9.17) is 8.83 Å². The number of carboxylic acids is 1. The number of benzene rings is 1. The van der Waals surface area contributed by atoms with E-state index in [-0.39, 0.29) is 28.0 Å². The van der Waals surface area contributed by atoms with Gasteiger partial charge in [0.1, 0.15) is 22.5 Å². The summed E-state index contributed by atoms with van der Waals surface area (Å²) in [6.45, 7) is 2.75. The van der Waals surface area contributed by atoms with E-state index in [0.717, 1.165) is 0 Å². The summed E-state index contributed by atoms with van der Waals surface area (Å²) in [5, 5.41) is 30.9. The fraction of sp³-hybridized carbons (Fsp3) is 0.333. The summed E-state index contributed by atoms with van der Waals surface area (Å²) in [6, 6.07) is 4.13. The molecule has 8 heteroatoms. The Hall–Kier alpha value is -3.10. The normalized spacial score (nSPS) is 20.2. The Balaban J connectivity index is 2.09. The predicted molar refractivity (Wildman–Crippen MR) is 104 cm³/mol. The number of hydrogen-bond acceptors (Lipinski definition) is 7. The first kappa shape index (κ1) is 19.2. The zero-order chi connectivity index (χ0) is 20.9. The molecule has 2 unspecified atom stereocenters. The van der Waals surface area contributed by atoms with Gasteiger partial charge >= 0.3 is 5.97 Å². The number of likely N-dealkylation sites (tertiary alicyclic amines) is 1. The van der Waals surface area contributed by atoms with E-state index < -0.39 is 23.4 Å². The summed E-state index contributed by atoms with van der Waals surface area (Å²) in [6.07, 6.45) is 1.07. The minimum absolute atomic E-state index is 0.0147. The van der Waals surface area contributed by atoms with E-state index >= 15 is 0 Å². The van der Waals surface area contributed by atoms with Crippen LogP contribution in [0.2, 0.25) is 0 Å². The molecular weight excluding hydrogens is 378 g/mol. The van der Waals surface area contributed by atoms with Gasteiger partial charge in [0.15, 0.2) is 5.43 Å². The molecule has 1 saturated heterocycles. The zero-order valence-electron chi connectivity index (χ0n) is 16.0. The molecular formula is C21H21NO7. The van der Waals surface area contributed by atoms with E-state index in [0.29, 0.717) is 36.4 Å². The highest BCUT2D eigenvalue weighted by Crippen LogP contribution is 2.43. The first-order valence-corrected chi connectivity index (χ1v) is 9.26. The van der Waals surface area contributed by atoms with Crippen molar-refractivity contribution in [2.75, 3.05) is 20.1 Å². The summed E-state index contributed by atoms with van der Waals surface area (Å²) in [5.41, 5.74) is 0.879. The molecule has 0 amide bonds. The molecule has 152 valence electrons. The van der Waals surface area contributed by atoms with Gasteiger partial charge in [-0.1, -0.05) is 0 Å². The number of rotatable bonds is 3. The topological polar surface area (TPSA) is 124 Å². The predicted octanol–water partition coefficient (Wildman–Crippen LogP) is 2.55. The van der Waals surface area contributed by atoms with E-state index in [2.05, 4.69) is 0 Å². The molecule has 3 N–H and O–H groups in total. The number of β-amino-alcohol motifs (C(OH)–C–C–N with tert-alkyl or cyclic N) is 1. The molecule has 0 bridgehead atoms. The van der Waals surface area contributed by atoms with Gasteiger partial charge in [-0.25, -0.2) is 4.79 Å². The largest absolute Gasteiger partial charge is 0.507 e. The van der Waals surface area contributed by atoms with Crippen LogP contribution in [-0.2, 0) is 0 Å². The molecule has 0 aliphatic carbocycles. The van der Waals surface area contributed by atoms with Crippen LogP contribution in [0.25, 0.3) is 22.1 Å². The molecule has 2 atom stereocenters. The van der Waals surface area contributed by atoms with Crippen LogP contribution in [0.5, 0.6) is 5.75 Å². The lowest BCUT2D eigenvalue weighted by Crippen LogP contribution is -2.40. The molecule has 1 aliphatic rings. The Kier molecular flexibility index (Phi) is 4.68. The third-order valence-electron chi connectivity index (χ3n) is 5.45. The summed E-state index contributed by atoms with van der Waals surface area (Å²) < 4.78 is 11.0. The van der Waals surface area contributed by atoms with Crippen LogP contribution in [0.3, 0.4) is 0 Å². The third-order valence-corrected chi connectivity index (χ3v) is 5.45. The molecule has 2 aromatic heterocycles. The molecule has 29 heavy (non-hydrogen) atoms. The number of aliphatic hydroxyl groups is 1. The molecule has 1 aliphatic heterocycles. The maximum Gasteiger partial charge on any atom is 0.372 e. The fourth-order valence-corrected chi connectivity index (χ4v) is 4.16. The van der Waals surface area contributed by atoms with Crippen molar-refractivity contribution in [1.82, 2.24) is 4.90 Å². The standard InChI is InChI=1S/C21H21NO7/c1-10-7-14(23)18-15(24)8-13(11-4-6-28-19(11)21(26)27)17(20(18)29-10)12-3-5-22(2)9-16(12)25/h4,6-8,12,16,24-25H,3,5,9H2,1-2H3,(H,26,27). The Labute approximate surface area is 165 Å². The van der Waals surface area contributed by atoms with Gasteiger partial charge in [0.25, 0.3) is 0 Å². The molecule has 0 saturated carbocycles. The lowest BCUT2D eigenvalue weighted by Gasteiger charge is -2.35. The molecule has 0 spiro atoms. The summed E-state index contributed by atoms with van der Waals surface area (Å²) in [5.74, 6) is -1.92. The molecule has 4 rings (SSSR count). The van der Waals surface area contributed by atoms with E-state index in [1.807, 2.05) is 11.9 Å². The first-order chi connectivity index (χ1) is 13.8. The SMILES string of the molecule is Cc1cc(=O)c2c(O)cc(-c3ccoc3C(=O)O)c(C3CCN(C)CC3O)c2o1. The third kappa shape index (κ3) is 3.20. The average molecular weight is 399 g/mol. The highest BCUT2D eigenvalue weighted by atomic mass is 16.4. The number of fused-ring (bicyclic) bond motifs is 1. The van der Waals surface area contributed by atoms with Crippen molar-refractivity contribution >= 4 is 16.9 Å². The van der Waals surface area contributed by atoms with Crippen LogP contribution in [0.15, 0.2) is 38.1 Å². The number of piperidine rings is 1. The van der Waals surface area contributed by atoms with Gasteiger partial charge in [0, 0.05) is 29.7 Å². The summed E-state index contributed by atoms with van der Waals surface area (Å²) in [7, 11) is 1.90. The highest BCUT2D eigenvalue weighted by molar-refractivity contribution is 5.98. The van der Waals surface area contributed by atoms with Crippen LogP contribution in [-0.4, -0.2) is 52.4 Å². The number of phenols is 1. The van der Waals surface area contributed by atoms with E-state index in [1.54, 1.807) is 6.92 Å². The fourth-order valence-electron chi connectivity index (χ4n) is 4.16. The maximum absolute atomic E-state index is 12.6. The molecule has 1 aromatic carbocycles. The molecule has 0 radical (unpaired) electrons. The molecule has 8 nitrogen and oxygen atoms in total. The minimum Gasteiger partial charge on any atom is -0.507 e. The number of furan rings is 1. The van der Waals surface area contributed by atoms with Gasteiger partial charge in [-0.15, -0.1) is 0 Å². The average Bonchev–Trinajstić information content (AvgIpc) is 3.11. The summed E-state index contributed by atoms with van der Waals surface area (Å²) >= 11 is 0. The number of carboxylic acid groups (broad SMARTS) is 1. The van der Waals surface area contributed by atoms with Gasteiger partial charge in [0.2, 0.25) is 5.76 Å². The smallest absolute Gasteiger partial charge is 0.372 e.